The van der Waals surface area contributed by atoms with Crippen LogP contribution in [0.3, 0.4) is 0 Å². The van der Waals surface area contributed by atoms with E-state index in [-0.39, 0.29) is 5.75 Å². The summed E-state index contributed by atoms with van der Waals surface area (Å²) in [6.07, 6.45) is -0.722. The molecule has 0 fully saturated rings. The zero-order chi connectivity index (χ0) is 20.4. The Balaban J connectivity index is 1.86. The van der Waals surface area contributed by atoms with Crippen molar-refractivity contribution < 1.29 is 19.4 Å². The minimum atomic E-state index is -0.722. The van der Waals surface area contributed by atoms with Gasteiger partial charge in [0.2, 0.25) is 6.23 Å². The Morgan fingerprint density at radius 2 is 1.69 bits per heavy atom. The maximum atomic E-state index is 11.8. The maximum Gasteiger partial charge on any atom is 0.337 e. The van der Waals surface area contributed by atoms with Gasteiger partial charge < -0.3 is 19.5 Å². The van der Waals surface area contributed by atoms with Crippen molar-refractivity contribution in [1.29, 1.82) is 5.26 Å². The molecule has 0 spiro atoms. The zero-order valence-corrected chi connectivity index (χ0v) is 15.6. The number of nitriles is 1. The average Bonchev–Trinajstić information content (AvgIpc) is 2.77. The molecule has 0 amide bonds. The molecule has 0 aromatic heterocycles. The van der Waals surface area contributed by atoms with Crippen molar-refractivity contribution in [2.75, 3.05) is 12.0 Å². The average molecular weight is 386 g/mol. The van der Waals surface area contributed by atoms with Crippen molar-refractivity contribution in [2.45, 2.75) is 12.3 Å². The van der Waals surface area contributed by atoms with E-state index < -0.39 is 18.2 Å². The molecule has 4 rings (SSSR count). The van der Waals surface area contributed by atoms with E-state index in [9.17, 15) is 15.2 Å². The predicted octanol–water partition coefficient (Wildman–Crippen LogP) is 4.34. The second-order valence-corrected chi connectivity index (χ2v) is 6.54. The van der Waals surface area contributed by atoms with Gasteiger partial charge in [0.15, 0.2) is 0 Å². The first-order chi connectivity index (χ1) is 14.1. The molecule has 144 valence electrons. The molecule has 6 nitrogen and oxygen atoms in total. The van der Waals surface area contributed by atoms with Crippen LogP contribution in [0.5, 0.6) is 11.5 Å². The summed E-state index contributed by atoms with van der Waals surface area (Å²) in [7, 11) is 1.32. The molecule has 29 heavy (non-hydrogen) atoms. The lowest BCUT2D eigenvalue weighted by molar-refractivity contribution is 0.0600. The molecule has 1 heterocycles. The first-order valence-corrected chi connectivity index (χ1v) is 9.04. The number of phenolic OH excluding ortho intramolecular Hbond substituents is 1. The van der Waals surface area contributed by atoms with E-state index >= 15 is 0 Å². The van der Waals surface area contributed by atoms with Gasteiger partial charge in [-0.2, -0.15) is 5.26 Å². The van der Waals surface area contributed by atoms with Gasteiger partial charge >= 0.3 is 5.97 Å². The molecule has 1 aliphatic rings. The number of phenols is 1. The normalized spacial score (nSPS) is 17.6. The number of aromatic hydroxyl groups is 1. The van der Waals surface area contributed by atoms with Gasteiger partial charge in [-0.15, -0.1) is 0 Å². The number of nitrogens with zero attached hydrogens (tertiary/aromatic N) is 2. The molecule has 0 bridgehead atoms. The Morgan fingerprint density at radius 3 is 2.34 bits per heavy atom. The van der Waals surface area contributed by atoms with Gasteiger partial charge in [-0.25, -0.2) is 4.79 Å². The van der Waals surface area contributed by atoms with Crippen LogP contribution in [0, 0.1) is 11.3 Å². The third-order valence-corrected chi connectivity index (χ3v) is 4.89. The largest absolute Gasteiger partial charge is 0.507 e. The first kappa shape index (κ1) is 18.4. The van der Waals surface area contributed by atoms with Crippen molar-refractivity contribution >= 4 is 11.7 Å². The Bertz CT molecular complexity index is 1090. The summed E-state index contributed by atoms with van der Waals surface area (Å²) in [5.74, 6) is 0.227. The molecule has 0 radical (unpaired) electrons. The van der Waals surface area contributed by atoms with Crippen molar-refractivity contribution in [3.63, 3.8) is 0 Å². The number of carbonyl (C=O) groups excluding carboxylic acids is 1. The number of hydrogen-bond acceptors (Lipinski definition) is 6. The highest BCUT2D eigenvalue weighted by atomic mass is 16.5. The van der Waals surface area contributed by atoms with Crippen LogP contribution < -0.4 is 9.64 Å². The number of fused-ring (bicyclic) bond motifs is 1. The minimum Gasteiger partial charge on any atom is -0.507 e. The summed E-state index contributed by atoms with van der Waals surface area (Å²) in [4.78, 5) is 13.6. The molecule has 0 saturated carbocycles. The van der Waals surface area contributed by atoms with Gasteiger partial charge in [0.25, 0.3) is 0 Å². The summed E-state index contributed by atoms with van der Waals surface area (Å²) < 4.78 is 11.0. The van der Waals surface area contributed by atoms with Gasteiger partial charge in [0.05, 0.1) is 24.3 Å². The van der Waals surface area contributed by atoms with E-state index in [4.69, 9.17) is 9.47 Å². The van der Waals surface area contributed by atoms with Crippen LogP contribution in [-0.2, 0) is 4.74 Å². The number of anilines is 1. The molecular formula is C23H18N2O4. The third-order valence-electron chi connectivity index (χ3n) is 4.89. The molecule has 0 aliphatic carbocycles. The van der Waals surface area contributed by atoms with E-state index in [0.717, 1.165) is 5.56 Å². The van der Waals surface area contributed by atoms with Gasteiger partial charge in [-0.3, -0.25) is 0 Å². The fourth-order valence-electron chi connectivity index (χ4n) is 3.49. The van der Waals surface area contributed by atoms with Gasteiger partial charge in [-0.05, 0) is 42.5 Å². The van der Waals surface area contributed by atoms with E-state index in [2.05, 4.69) is 6.07 Å². The fourth-order valence-corrected chi connectivity index (χ4v) is 3.49. The van der Waals surface area contributed by atoms with E-state index in [1.54, 1.807) is 53.4 Å². The number of hydrogen-bond donors (Lipinski definition) is 1. The molecule has 0 unspecified atom stereocenters. The molecule has 3 aromatic rings. The van der Waals surface area contributed by atoms with E-state index in [1.165, 1.54) is 7.11 Å². The number of rotatable bonds is 3. The first-order valence-electron chi connectivity index (χ1n) is 9.04. The number of ether oxygens (including phenoxy) is 2. The lowest BCUT2D eigenvalue weighted by atomic mass is 9.99. The highest BCUT2D eigenvalue weighted by molar-refractivity contribution is 5.89. The standard InChI is InChI=1S/C23H18N2O4/c1-28-23(27)15-10-12-16(13-11-15)25-19(14-24)17-6-3-5-9-21(17)29-22(25)18-7-2-4-8-20(18)26/h2-13,19,22,26H,1H3/t19-,22-/m1/s1. The van der Waals surface area contributed by atoms with Gasteiger partial charge in [-0.1, -0.05) is 30.3 Å². The molecule has 1 N–H and O–H groups in total. The summed E-state index contributed by atoms with van der Waals surface area (Å²) in [5.41, 5.74) is 2.35. The molecule has 6 heteroatoms. The fraction of sp³-hybridized carbons (Fsp3) is 0.130. The van der Waals surface area contributed by atoms with Crippen molar-refractivity contribution in [3.05, 3.63) is 89.5 Å². The summed E-state index contributed by atoms with van der Waals surface area (Å²) in [6, 6.07) is 22.7. The van der Waals surface area contributed by atoms with Crippen LogP contribution in [0.4, 0.5) is 5.69 Å². The summed E-state index contributed by atoms with van der Waals surface area (Å²) in [6.45, 7) is 0. The van der Waals surface area contributed by atoms with Crippen molar-refractivity contribution in [2.24, 2.45) is 0 Å². The Labute approximate surface area is 168 Å². The third kappa shape index (κ3) is 3.23. The lowest BCUT2D eigenvalue weighted by Gasteiger charge is -2.41. The number of benzene rings is 3. The SMILES string of the molecule is COC(=O)c1ccc(N2[C@H](C#N)c3ccccc3O[C@@H]2c2ccccc2O)cc1. The Morgan fingerprint density at radius 1 is 1.03 bits per heavy atom. The highest BCUT2D eigenvalue weighted by Crippen LogP contribution is 2.46. The van der Waals surface area contributed by atoms with Crippen LogP contribution in [0.2, 0.25) is 0 Å². The second-order valence-electron chi connectivity index (χ2n) is 6.54. The smallest absolute Gasteiger partial charge is 0.337 e. The van der Waals surface area contributed by atoms with Gasteiger partial charge in [0, 0.05) is 11.3 Å². The zero-order valence-electron chi connectivity index (χ0n) is 15.6. The van der Waals surface area contributed by atoms with Crippen molar-refractivity contribution in [3.8, 4) is 17.6 Å². The van der Waals surface area contributed by atoms with Crippen LogP contribution in [-0.4, -0.2) is 18.2 Å². The number of methoxy groups -OCH3 is 1. The minimum absolute atomic E-state index is 0.0738. The van der Waals surface area contributed by atoms with Crippen molar-refractivity contribution in [1.82, 2.24) is 0 Å². The topological polar surface area (TPSA) is 82.8 Å². The van der Waals surface area contributed by atoms with E-state index in [0.29, 0.717) is 22.6 Å². The number of esters is 1. The monoisotopic (exact) mass is 386 g/mol. The molecule has 3 aromatic carbocycles. The van der Waals surface area contributed by atoms with E-state index in [1.807, 2.05) is 24.3 Å². The molecule has 0 saturated heterocycles. The Hall–Kier alpha value is -3.98. The molecular weight excluding hydrogens is 368 g/mol. The molecule has 1 aliphatic heterocycles. The van der Waals surface area contributed by atoms with Crippen LogP contribution in [0.25, 0.3) is 0 Å². The second kappa shape index (κ2) is 7.56. The quantitative estimate of drug-likeness (QED) is 0.674. The predicted molar refractivity (Wildman–Crippen MR) is 107 cm³/mol. The maximum absolute atomic E-state index is 11.8. The summed E-state index contributed by atoms with van der Waals surface area (Å²) >= 11 is 0. The number of carbonyl (C=O) groups is 1. The lowest BCUT2D eigenvalue weighted by Crippen LogP contribution is -2.39. The number of para-hydroxylation sites is 2. The van der Waals surface area contributed by atoms with Gasteiger partial charge in [0.1, 0.15) is 17.5 Å². The Kier molecular flexibility index (Phi) is 4.80. The molecule has 2 atom stereocenters. The summed E-state index contributed by atoms with van der Waals surface area (Å²) in [5, 5.41) is 20.4. The highest BCUT2D eigenvalue weighted by Gasteiger charge is 2.38. The van der Waals surface area contributed by atoms with Crippen LogP contribution >= 0.6 is 0 Å². The van der Waals surface area contributed by atoms with Crippen LogP contribution in [0.15, 0.2) is 72.8 Å². The van der Waals surface area contributed by atoms with Crippen LogP contribution in [0.1, 0.15) is 33.8 Å².